The Morgan fingerprint density at radius 2 is 1.91 bits per heavy atom. The number of rotatable bonds is 2. The fourth-order valence-electron chi connectivity index (χ4n) is 2.48. The molecule has 2 N–H and O–H groups in total. The van der Waals surface area contributed by atoms with E-state index in [4.69, 9.17) is 0 Å². The molecular formula is C15H18N4O3S. The summed E-state index contributed by atoms with van der Waals surface area (Å²) in [5.41, 5.74) is 1.12. The molecule has 0 atom stereocenters. The maximum Gasteiger partial charge on any atom is 0.272 e. The number of fused-ring (bicyclic) bond motifs is 1. The van der Waals surface area contributed by atoms with E-state index in [2.05, 4.69) is 20.3 Å². The molecular weight excluding hydrogens is 316 g/mol. The van der Waals surface area contributed by atoms with Crippen molar-refractivity contribution in [3.05, 3.63) is 35.7 Å². The Labute approximate surface area is 134 Å². The second kappa shape index (κ2) is 5.16. The lowest BCUT2D eigenvalue weighted by atomic mass is 9.96. The molecule has 0 saturated carbocycles. The quantitative estimate of drug-likeness (QED) is 0.869. The molecule has 0 aliphatic carbocycles. The number of sulfone groups is 1. The summed E-state index contributed by atoms with van der Waals surface area (Å²) in [5.74, 6) is 0.341. The highest BCUT2D eigenvalue weighted by atomic mass is 32.2. The van der Waals surface area contributed by atoms with Gasteiger partial charge in [-0.3, -0.25) is 4.79 Å². The molecule has 8 heteroatoms. The number of carbonyl (C=O) groups is 1. The number of anilines is 1. The lowest BCUT2D eigenvalue weighted by Crippen LogP contribution is -2.18. The van der Waals surface area contributed by atoms with Gasteiger partial charge in [0.1, 0.15) is 11.5 Å². The van der Waals surface area contributed by atoms with Crippen molar-refractivity contribution in [3.63, 3.8) is 0 Å². The van der Waals surface area contributed by atoms with Crippen LogP contribution in [-0.2, 0) is 21.7 Å². The van der Waals surface area contributed by atoms with Gasteiger partial charge in [-0.1, -0.05) is 20.8 Å². The lowest BCUT2D eigenvalue weighted by molar-refractivity contribution is 0.102. The molecule has 3 heterocycles. The van der Waals surface area contributed by atoms with Crippen LogP contribution in [0.3, 0.4) is 0 Å². The monoisotopic (exact) mass is 334 g/mol. The average Bonchev–Trinajstić information content (AvgIpc) is 3.00. The molecule has 1 aliphatic heterocycles. The Bertz CT molecular complexity index is 861. The highest BCUT2D eigenvalue weighted by Crippen LogP contribution is 2.29. The van der Waals surface area contributed by atoms with Crippen molar-refractivity contribution in [2.45, 2.75) is 37.5 Å². The van der Waals surface area contributed by atoms with Gasteiger partial charge in [0.05, 0.1) is 28.7 Å². The van der Waals surface area contributed by atoms with Gasteiger partial charge in [0.25, 0.3) is 5.91 Å². The molecule has 0 unspecified atom stereocenters. The fraction of sp³-hybridized carbons (Fsp3) is 0.400. The Balaban J connectivity index is 1.81. The molecule has 0 saturated heterocycles. The van der Waals surface area contributed by atoms with Crippen molar-refractivity contribution in [3.8, 4) is 0 Å². The van der Waals surface area contributed by atoms with E-state index in [1.165, 1.54) is 6.20 Å². The summed E-state index contributed by atoms with van der Waals surface area (Å²) in [6, 6.07) is 0. The highest BCUT2D eigenvalue weighted by Gasteiger charge is 2.32. The van der Waals surface area contributed by atoms with Crippen LogP contribution in [0.25, 0.3) is 0 Å². The molecule has 2 aromatic rings. The van der Waals surface area contributed by atoms with Crippen molar-refractivity contribution >= 4 is 21.4 Å². The molecule has 122 valence electrons. The molecule has 0 bridgehead atoms. The first kappa shape index (κ1) is 15.7. The van der Waals surface area contributed by atoms with E-state index in [-0.39, 0.29) is 21.8 Å². The third-order valence-electron chi connectivity index (χ3n) is 3.71. The van der Waals surface area contributed by atoms with Crippen molar-refractivity contribution in [1.29, 1.82) is 0 Å². The standard InChI is InChI=1S/C15H18N4O3S/c1-15(2,3)14-17-6-9(7-18-14)19-13(20)12-10-4-5-23(21,22)11(10)8-16-12/h6-8,16H,4-5H2,1-3H3,(H,19,20). The number of hydrogen-bond acceptors (Lipinski definition) is 5. The van der Waals surface area contributed by atoms with E-state index in [9.17, 15) is 13.2 Å². The van der Waals surface area contributed by atoms with Crippen LogP contribution in [0.1, 0.15) is 42.6 Å². The molecule has 2 aromatic heterocycles. The topological polar surface area (TPSA) is 105 Å². The molecule has 0 radical (unpaired) electrons. The second-order valence-corrected chi connectivity index (χ2v) is 8.65. The maximum atomic E-state index is 12.3. The van der Waals surface area contributed by atoms with Gasteiger partial charge in [0.15, 0.2) is 9.84 Å². The number of nitrogens with zero attached hydrogens (tertiary/aromatic N) is 2. The first-order valence-corrected chi connectivity index (χ1v) is 8.90. The third-order valence-corrected chi connectivity index (χ3v) is 5.49. The molecule has 0 spiro atoms. The number of H-pyrrole nitrogens is 1. The zero-order valence-electron chi connectivity index (χ0n) is 13.2. The van der Waals surface area contributed by atoms with Gasteiger partial charge < -0.3 is 10.3 Å². The van der Waals surface area contributed by atoms with Gasteiger partial charge in [-0.2, -0.15) is 0 Å². The van der Waals surface area contributed by atoms with Crippen LogP contribution in [0.2, 0.25) is 0 Å². The van der Waals surface area contributed by atoms with Crippen molar-refractivity contribution in [2.75, 3.05) is 11.1 Å². The minimum atomic E-state index is -3.25. The third kappa shape index (κ3) is 2.86. The van der Waals surface area contributed by atoms with E-state index in [0.29, 0.717) is 23.5 Å². The first-order valence-electron chi connectivity index (χ1n) is 7.25. The summed E-state index contributed by atoms with van der Waals surface area (Å²) in [7, 11) is -3.25. The largest absolute Gasteiger partial charge is 0.356 e. The fourth-order valence-corrected chi connectivity index (χ4v) is 3.99. The van der Waals surface area contributed by atoms with Crippen LogP contribution in [0.15, 0.2) is 23.5 Å². The number of hydrogen-bond donors (Lipinski definition) is 2. The van der Waals surface area contributed by atoms with Crippen molar-refractivity contribution in [2.24, 2.45) is 0 Å². The summed E-state index contributed by atoms with van der Waals surface area (Å²) in [5, 5.41) is 2.69. The van der Waals surface area contributed by atoms with Gasteiger partial charge in [0.2, 0.25) is 0 Å². The van der Waals surface area contributed by atoms with Gasteiger partial charge in [0, 0.05) is 17.2 Å². The van der Waals surface area contributed by atoms with E-state index < -0.39 is 15.7 Å². The average molecular weight is 334 g/mol. The zero-order chi connectivity index (χ0) is 16.8. The SMILES string of the molecule is CC(C)(C)c1ncc(NC(=O)c2[nH]cc3c2CCS3(=O)=O)cn1. The van der Waals surface area contributed by atoms with Gasteiger partial charge in [-0.25, -0.2) is 18.4 Å². The smallest absolute Gasteiger partial charge is 0.272 e. The molecule has 1 aliphatic rings. The molecule has 0 fully saturated rings. The van der Waals surface area contributed by atoms with Crippen LogP contribution in [0.4, 0.5) is 5.69 Å². The molecule has 0 aromatic carbocycles. The molecule has 3 rings (SSSR count). The summed E-state index contributed by atoms with van der Waals surface area (Å²) in [4.78, 5) is 23.8. The Hall–Kier alpha value is -2.22. The highest BCUT2D eigenvalue weighted by molar-refractivity contribution is 7.91. The summed E-state index contributed by atoms with van der Waals surface area (Å²) in [6.45, 7) is 6.01. The number of amides is 1. The number of nitrogens with one attached hydrogen (secondary N) is 2. The predicted molar refractivity (Wildman–Crippen MR) is 85.2 cm³/mol. The van der Waals surface area contributed by atoms with Crippen LogP contribution in [0, 0.1) is 0 Å². The van der Waals surface area contributed by atoms with Gasteiger partial charge >= 0.3 is 0 Å². The van der Waals surface area contributed by atoms with Crippen LogP contribution in [-0.4, -0.2) is 35.0 Å². The van der Waals surface area contributed by atoms with Crippen LogP contribution >= 0.6 is 0 Å². The second-order valence-electron chi connectivity index (χ2n) is 6.57. The number of carbonyl (C=O) groups excluding carboxylic acids is 1. The van der Waals surface area contributed by atoms with Gasteiger partial charge in [-0.05, 0) is 6.42 Å². The van der Waals surface area contributed by atoms with Crippen molar-refractivity contribution in [1.82, 2.24) is 15.0 Å². The van der Waals surface area contributed by atoms with E-state index in [1.54, 1.807) is 12.4 Å². The van der Waals surface area contributed by atoms with E-state index >= 15 is 0 Å². The Kier molecular flexibility index (Phi) is 3.51. The van der Waals surface area contributed by atoms with E-state index in [1.807, 2.05) is 20.8 Å². The summed E-state index contributed by atoms with van der Waals surface area (Å²) in [6.07, 6.45) is 4.83. The lowest BCUT2D eigenvalue weighted by Gasteiger charge is -2.16. The normalized spacial score (nSPS) is 16.1. The van der Waals surface area contributed by atoms with Crippen LogP contribution < -0.4 is 5.32 Å². The minimum Gasteiger partial charge on any atom is -0.356 e. The maximum absolute atomic E-state index is 12.3. The number of aromatic amines is 1. The zero-order valence-corrected chi connectivity index (χ0v) is 14.0. The minimum absolute atomic E-state index is 0.0516. The summed E-state index contributed by atoms with van der Waals surface area (Å²) < 4.78 is 23.6. The Morgan fingerprint density at radius 1 is 1.26 bits per heavy atom. The van der Waals surface area contributed by atoms with Crippen LogP contribution in [0.5, 0.6) is 0 Å². The molecule has 23 heavy (non-hydrogen) atoms. The Morgan fingerprint density at radius 3 is 2.52 bits per heavy atom. The van der Waals surface area contributed by atoms with Crippen molar-refractivity contribution < 1.29 is 13.2 Å². The number of aromatic nitrogens is 3. The predicted octanol–water partition coefficient (Wildman–Crippen LogP) is 1.68. The molecule has 1 amide bonds. The first-order chi connectivity index (χ1) is 10.7. The van der Waals surface area contributed by atoms with E-state index in [0.717, 1.165) is 0 Å². The summed E-state index contributed by atoms with van der Waals surface area (Å²) >= 11 is 0. The van der Waals surface area contributed by atoms with Gasteiger partial charge in [-0.15, -0.1) is 0 Å². The molecule has 7 nitrogen and oxygen atoms in total.